The van der Waals surface area contributed by atoms with Crippen LogP contribution in [0.3, 0.4) is 0 Å². The first kappa shape index (κ1) is 24.9. The van der Waals surface area contributed by atoms with E-state index in [1.807, 2.05) is 0 Å². The monoisotopic (exact) mass is 513 g/mol. The van der Waals surface area contributed by atoms with E-state index in [0.29, 0.717) is 5.56 Å². The average Bonchev–Trinajstić information content (AvgIpc) is 2.75. The third-order valence-electron chi connectivity index (χ3n) is 6.21. The van der Waals surface area contributed by atoms with Gasteiger partial charge in [0, 0.05) is 12.7 Å². The molecule has 0 atom stereocenters. The molecular formula is C23H20ClF4N3O4. The molecule has 4 rings (SSSR count). The van der Waals surface area contributed by atoms with Crippen molar-refractivity contribution in [3.63, 3.8) is 0 Å². The number of carbonyl (C=O) groups excluding carboxylic acids is 3. The summed E-state index contributed by atoms with van der Waals surface area (Å²) in [5.41, 5.74) is -1.98. The highest BCUT2D eigenvalue weighted by Crippen LogP contribution is 2.48. The molecule has 0 N–H and O–H groups in total. The van der Waals surface area contributed by atoms with Crippen molar-refractivity contribution in [1.29, 1.82) is 0 Å². The summed E-state index contributed by atoms with van der Waals surface area (Å²) in [7, 11) is 0. The zero-order valence-electron chi connectivity index (χ0n) is 18.4. The zero-order valence-corrected chi connectivity index (χ0v) is 19.2. The third-order valence-corrected chi connectivity index (χ3v) is 6.42. The Morgan fingerprint density at radius 2 is 1.89 bits per heavy atom. The van der Waals surface area contributed by atoms with Crippen molar-refractivity contribution < 1.29 is 36.7 Å². The number of hydrogen-bond donors (Lipinski definition) is 0. The number of aromatic nitrogens is 1. The van der Waals surface area contributed by atoms with Gasteiger partial charge in [-0.1, -0.05) is 23.7 Å². The lowest BCUT2D eigenvalue weighted by atomic mass is 9.65. The van der Waals surface area contributed by atoms with E-state index < -0.39 is 53.3 Å². The molecule has 35 heavy (non-hydrogen) atoms. The van der Waals surface area contributed by atoms with Gasteiger partial charge in [0.25, 0.3) is 5.91 Å². The molecule has 1 saturated heterocycles. The fourth-order valence-corrected chi connectivity index (χ4v) is 4.62. The lowest BCUT2D eigenvalue weighted by Crippen LogP contribution is -2.73. The minimum atomic E-state index is -4.52. The standard InChI is InChI=1S/C23H20ClF4N3O4/c1-2-35-20(33)14-8-22(9-14)21(34)30(19-17(25)7-16(24)10-29-19)12-18(32)31(22)11-13-3-5-15(6-4-13)23(26,27)28/h3-7,10,14H,2,8-9,11-12H2,1H3/t14-,22-. The van der Waals surface area contributed by atoms with E-state index in [0.717, 1.165) is 29.3 Å². The minimum absolute atomic E-state index is 0.00620. The molecule has 1 aliphatic carbocycles. The Balaban J connectivity index is 1.66. The van der Waals surface area contributed by atoms with Crippen LogP contribution in [0.4, 0.5) is 23.4 Å². The summed E-state index contributed by atoms with van der Waals surface area (Å²) in [6.45, 7) is 1.07. The van der Waals surface area contributed by atoms with Gasteiger partial charge in [-0.2, -0.15) is 13.2 Å². The minimum Gasteiger partial charge on any atom is -0.466 e. The second-order valence-corrected chi connectivity index (χ2v) is 8.85. The molecule has 1 aliphatic heterocycles. The number of alkyl halides is 3. The Morgan fingerprint density at radius 1 is 1.23 bits per heavy atom. The highest BCUT2D eigenvalue weighted by molar-refractivity contribution is 6.30. The molecule has 12 heteroatoms. The first-order chi connectivity index (χ1) is 16.5. The topological polar surface area (TPSA) is 79.8 Å². The Hall–Kier alpha value is -3.21. The molecule has 2 aromatic rings. The van der Waals surface area contributed by atoms with Gasteiger partial charge in [-0.3, -0.25) is 19.3 Å². The van der Waals surface area contributed by atoms with Crippen LogP contribution in [0.5, 0.6) is 0 Å². The van der Waals surface area contributed by atoms with Crippen molar-refractivity contribution in [2.45, 2.75) is 38.0 Å². The highest BCUT2D eigenvalue weighted by atomic mass is 35.5. The lowest BCUT2D eigenvalue weighted by Gasteiger charge is -2.56. The van der Waals surface area contributed by atoms with Crippen molar-refractivity contribution in [1.82, 2.24) is 9.88 Å². The van der Waals surface area contributed by atoms with Crippen molar-refractivity contribution >= 4 is 35.2 Å². The van der Waals surface area contributed by atoms with E-state index in [1.165, 1.54) is 17.0 Å². The van der Waals surface area contributed by atoms with Crippen LogP contribution in [-0.4, -0.2) is 46.4 Å². The van der Waals surface area contributed by atoms with Gasteiger partial charge in [-0.05, 0) is 43.5 Å². The summed E-state index contributed by atoms with van der Waals surface area (Å²) in [6, 6.07) is 5.19. The smallest absolute Gasteiger partial charge is 0.416 e. The van der Waals surface area contributed by atoms with Gasteiger partial charge in [-0.25, -0.2) is 9.37 Å². The number of nitrogens with zero attached hydrogens (tertiary/aromatic N) is 3. The van der Waals surface area contributed by atoms with Gasteiger partial charge in [0.05, 0.1) is 23.1 Å². The maximum atomic E-state index is 14.6. The Bertz CT molecular complexity index is 1170. The third kappa shape index (κ3) is 4.56. The van der Waals surface area contributed by atoms with E-state index in [1.54, 1.807) is 6.92 Å². The number of ether oxygens (including phenoxy) is 1. The Kier molecular flexibility index (Phi) is 6.48. The van der Waals surface area contributed by atoms with Crippen LogP contribution in [-0.2, 0) is 31.8 Å². The van der Waals surface area contributed by atoms with Crippen LogP contribution in [0, 0.1) is 11.7 Å². The van der Waals surface area contributed by atoms with Crippen LogP contribution in [0.2, 0.25) is 5.02 Å². The number of esters is 1. The van der Waals surface area contributed by atoms with Crippen LogP contribution in [0.1, 0.15) is 30.9 Å². The van der Waals surface area contributed by atoms with E-state index >= 15 is 0 Å². The van der Waals surface area contributed by atoms with Gasteiger partial charge in [0.1, 0.15) is 12.1 Å². The molecule has 7 nitrogen and oxygen atoms in total. The number of pyridine rings is 1. The van der Waals surface area contributed by atoms with Crippen molar-refractivity contribution in [3.05, 3.63) is 58.5 Å². The maximum Gasteiger partial charge on any atom is 0.416 e. The quantitative estimate of drug-likeness (QED) is 0.446. The number of rotatable bonds is 5. The summed E-state index contributed by atoms with van der Waals surface area (Å²) in [6.07, 6.45) is -3.51. The van der Waals surface area contributed by atoms with E-state index in [-0.39, 0.29) is 36.8 Å². The zero-order chi connectivity index (χ0) is 25.5. The predicted octanol–water partition coefficient (Wildman–Crippen LogP) is 3.98. The number of benzene rings is 1. The summed E-state index contributed by atoms with van der Waals surface area (Å²) < 4.78 is 58.3. The number of carbonyl (C=O) groups is 3. The van der Waals surface area contributed by atoms with Gasteiger partial charge in [-0.15, -0.1) is 0 Å². The Morgan fingerprint density at radius 3 is 2.46 bits per heavy atom. The molecule has 0 unspecified atom stereocenters. The average molecular weight is 514 g/mol. The second kappa shape index (κ2) is 9.10. The van der Waals surface area contributed by atoms with Crippen LogP contribution in [0.25, 0.3) is 0 Å². The van der Waals surface area contributed by atoms with Crippen molar-refractivity contribution in [2.75, 3.05) is 18.1 Å². The van der Waals surface area contributed by atoms with E-state index in [2.05, 4.69) is 4.98 Å². The van der Waals surface area contributed by atoms with Gasteiger partial charge < -0.3 is 9.64 Å². The predicted molar refractivity (Wildman–Crippen MR) is 116 cm³/mol. The van der Waals surface area contributed by atoms with E-state index in [9.17, 15) is 31.9 Å². The molecule has 0 bridgehead atoms. The second-order valence-electron chi connectivity index (χ2n) is 8.41. The fraction of sp³-hybridized carbons (Fsp3) is 0.391. The van der Waals surface area contributed by atoms with Crippen LogP contribution < -0.4 is 4.90 Å². The number of halogens is 5. The molecule has 1 saturated carbocycles. The number of piperazine rings is 1. The number of hydrogen-bond acceptors (Lipinski definition) is 5. The summed E-state index contributed by atoms with van der Waals surface area (Å²) in [5, 5.41) is 0.00620. The van der Waals surface area contributed by atoms with Crippen molar-refractivity contribution in [2.24, 2.45) is 5.92 Å². The molecule has 2 heterocycles. The normalized spacial score (nSPS) is 22.4. The molecule has 1 aromatic heterocycles. The first-order valence-corrected chi connectivity index (χ1v) is 11.1. The molecule has 2 aliphatic rings. The van der Waals surface area contributed by atoms with Crippen LogP contribution in [0.15, 0.2) is 36.5 Å². The molecule has 0 radical (unpaired) electrons. The van der Waals surface area contributed by atoms with Gasteiger partial charge >= 0.3 is 12.1 Å². The molecule has 186 valence electrons. The molecule has 2 fully saturated rings. The fourth-order valence-electron chi connectivity index (χ4n) is 4.47. The highest BCUT2D eigenvalue weighted by Gasteiger charge is 2.62. The van der Waals surface area contributed by atoms with Crippen LogP contribution >= 0.6 is 11.6 Å². The maximum absolute atomic E-state index is 14.6. The lowest BCUT2D eigenvalue weighted by molar-refractivity contribution is -0.172. The molecule has 1 spiro atoms. The molecular weight excluding hydrogens is 494 g/mol. The number of anilines is 1. The number of amides is 2. The van der Waals surface area contributed by atoms with E-state index in [4.69, 9.17) is 16.3 Å². The summed E-state index contributed by atoms with van der Waals surface area (Å²) >= 11 is 5.75. The molecule has 1 aromatic carbocycles. The Labute approximate surface area is 202 Å². The first-order valence-electron chi connectivity index (χ1n) is 10.7. The summed E-state index contributed by atoms with van der Waals surface area (Å²) in [4.78, 5) is 45.1. The van der Waals surface area contributed by atoms with Crippen molar-refractivity contribution in [3.8, 4) is 0 Å². The molecule has 2 amide bonds. The van der Waals surface area contributed by atoms with Gasteiger partial charge in [0.2, 0.25) is 5.91 Å². The SMILES string of the molecule is CCOC(=O)[C@H]1C[C@]2(C1)C(=O)N(c1ncc(Cl)cc1F)CC(=O)N2Cc1ccc(C(F)(F)F)cc1. The largest absolute Gasteiger partial charge is 0.466 e. The summed E-state index contributed by atoms with van der Waals surface area (Å²) in [5.74, 6) is -3.67. The van der Waals surface area contributed by atoms with Gasteiger partial charge in [0.15, 0.2) is 11.6 Å².